The molecular formula is C18H23BrN2O4S. The molecule has 142 valence electrons. The molecule has 0 aliphatic rings. The number of nitrogens with one attached hydrogen (secondary N) is 2. The zero-order chi connectivity index (χ0) is 19.7. The van der Waals surface area contributed by atoms with Crippen LogP contribution < -0.4 is 10.0 Å². The summed E-state index contributed by atoms with van der Waals surface area (Å²) in [7, 11) is -3.74. The van der Waals surface area contributed by atoms with Gasteiger partial charge in [-0.3, -0.25) is 4.79 Å². The molecule has 0 saturated carbocycles. The largest absolute Gasteiger partial charge is 0.464 e. The third-order valence-corrected chi connectivity index (χ3v) is 5.92. The van der Waals surface area contributed by atoms with E-state index < -0.39 is 21.5 Å². The van der Waals surface area contributed by atoms with Crippen LogP contribution in [0, 0.1) is 6.92 Å². The van der Waals surface area contributed by atoms with Gasteiger partial charge in [-0.1, -0.05) is 0 Å². The van der Waals surface area contributed by atoms with E-state index in [2.05, 4.69) is 26.0 Å². The molecule has 6 nitrogen and oxygen atoms in total. The summed E-state index contributed by atoms with van der Waals surface area (Å²) in [6.07, 6.45) is 0. The van der Waals surface area contributed by atoms with Crippen LogP contribution >= 0.6 is 15.9 Å². The summed E-state index contributed by atoms with van der Waals surface area (Å²) in [6.45, 7) is 8.88. The van der Waals surface area contributed by atoms with Gasteiger partial charge in [-0.15, -0.1) is 0 Å². The van der Waals surface area contributed by atoms with Gasteiger partial charge in [0, 0.05) is 10.0 Å². The summed E-state index contributed by atoms with van der Waals surface area (Å²) >= 11 is 3.31. The first-order valence-electron chi connectivity index (χ1n) is 8.10. The van der Waals surface area contributed by atoms with Gasteiger partial charge in [0.25, 0.3) is 5.91 Å². The van der Waals surface area contributed by atoms with Crippen LogP contribution in [0.3, 0.4) is 0 Å². The van der Waals surface area contributed by atoms with Gasteiger partial charge in [0.2, 0.25) is 10.0 Å². The van der Waals surface area contributed by atoms with Gasteiger partial charge in [-0.2, -0.15) is 0 Å². The number of halogens is 1. The fourth-order valence-corrected chi connectivity index (χ4v) is 4.21. The number of sulfonamides is 1. The molecule has 1 aromatic carbocycles. The van der Waals surface area contributed by atoms with E-state index in [1.807, 2.05) is 13.0 Å². The van der Waals surface area contributed by atoms with Crippen molar-refractivity contribution in [3.63, 3.8) is 0 Å². The average molecular weight is 443 g/mol. The van der Waals surface area contributed by atoms with Crippen molar-refractivity contribution >= 4 is 31.9 Å². The van der Waals surface area contributed by atoms with E-state index in [1.54, 1.807) is 39.8 Å². The van der Waals surface area contributed by atoms with Crippen molar-refractivity contribution in [3.8, 4) is 0 Å². The SMILES string of the molecule is Cc1ccc(C(C)NC(=O)c2cc(S(=O)(=O)NC(C)(C)C)ccc2Br)o1. The average Bonchev–Trinajstić information content (AvgIpc) is 2.91. The van der Waals surface area contributed by atoms with Crippen molar-refractivity contribution in [1.29, 1.82) is 0 Å². The second-order valence-electron chi connectivity index (χ2n) is 7.14. The summed E-state index contributed by atoms with van der Waals surface area (Å²) in [4.78, 5) is 12.7. The number of rotatable bonds is 5. The zero-order valence-corrected chi connectivity index (χ0v) is 17.8. The quantitative estimate of drug-likeness (QED) is 0.733. The molecule has 2 aromatic rings. The molecule has 0 radical (unpaired) electrons. The molecule has 2 N–H and O–H groups in total. The molecule has 8 heteroatoms. The molecule has 0 spiro atoms. The number of hydrogen-bond donors (Lipinski definition) is 2. The lowest BCUT2D eigenvalue weighted by atomic mass is 10.1. The number of carbonyl (C=O) groups excluding carboxylic acids is 1. The predicted octanol–water partition coefficient (Wildman–Crippen LogP) is 3.92. The third-order valence-electron chi connectivity index (χ3n) is 3.47. The molecule has 26 heavy (non-hydrogen) atoms. The number of amides is 1. The highest BCUT2D eigenvalue weighted by molar-refractivity contribution is 9.10. The van der Waals surface area contributed by atoms with Gasteiger partial charge in [-0.25, -0.2) is 13.1 Å². The van der Waals surface area contributed by atoms with Crippen molar-refractivity contribution in [1.82, 2.24) is 10.0 Å². The van der Waals surface area contributed by atoms with Crippen LogP contribution in [0.4, 0.5) is 0 Å². The Hall–Kier alpha value is -1.64. The topological polar surface area (TPSA) is 88.4 Å². The van der Waals surface area contributed by atoms with Crippen molar-refractivity contribution in [2.45, 2.75) is 51.1 Å². The first-order chi connectivity index (χ1) is 11.9. The van der Waals surface area contributed by atoms with Crippen LogP contribution in [0.1, 0.15) is 55.6 Å². The monoisotopic (exact) mass is 442 g/mol. The lowest BCUT2D eigenvalue weighted by Gasteiger charge is -2.21. The number of carbonyl (C=O) groups is 1. The maximum absolute atomic E-state index is 12.6. The lowest BCUT2D eigenvalue weighted by molar-refractivity contribution is 0.0934. The van der Waals surface area contributed by atoms with Crippen LogP contribution in [-0.2, 0) is 10.0 Å². The number of benzene rings is 1. The molecular weight excluding hydrogens is 420 g/mol. The van der Waals surface area contributed by atoms with Crippen LogP contribution in [0.2, 0.25) is 0 Å². The Labute approximate surface area is 162 Å². The minimum absolute atomic E-state index is 0.0299. The van der Waals surface area contributed by atoms with E-state index in [4.69, 9.17) is 4.42 Å². The molecule has 2 rings (SSSR count). The van der Waals surface area contributed by atoms with Gasteiger partial charge >= 0.3 is 0 Å². The molecule has 0 bridgehead atoms. The van der Waals surface area contributed by atoms with Gasteiger partial charge in [0.1, 0.15) is 11.5 Å². The molecule has 1 heterocycles. The summed E-state index contributed by atoms with van der Waals surface area (Å²) in [5.41, 5.74) is -0.392. The fourth-order valence-electron chi connectivity index (χ4n) is 2.34. The molecule has 1 atom stereocenters. The van der Waals surface area contributed by atoms with Crippen LogP contribution in [0.15, 0.2) is 44.1 Å². The first-order valence-corrected chi connectivity index (χ1v) is 10.4. The lowest BCUT2D eigenvalue weighted by Crippen LogP contribution is -2.40. The number of furan rings is 1. The van der Waals surface area contributed by atoms with E-state index >= 15 is 0 Å². The van der Waals surface area contributed by atoms with E-state index in [1.165, 1.54) is 12.1 Å². The zero-order valence-electron chi connectivity index (χ0n) is 15.4. The van der Waals surface area contributed by atoms with Gasteiger partial charge in [0.15, 0.2) is 0 Å². The van der Waals surface area contributed by atoms with E-state index in [0.29, 0.717) is 10.2 Å². The van der Waals surface area contributed by atoms with Gasteiger partial charge < -0.3 is 9.73 Å². The Morgan fingerprint density at radius 3 is 2.38 bits per heavy atom. The Morgan fingerprint density at radius 1 is 1.19 bits per heavy atom. The fraction of sp³-hybridized carbons (Fsp3) is 0.389. The molecule has 0 aliphatic carbocycles. The van der Waals surface area contributed by atoms with Gasteiger partial charge in [0.05, 0.1) is 16.5 Å². The van der Waals surface area contributed by atoms with E-state index in [0.717, 1.165) is 5.76 Å². The van der Waals surface area contributed by atoms with Crippen molar-refractivity contribution in [2.75, 3.05) is 0 Å². The third kappa shape index (κ3) is 5.18. The Bertz CT molecular complexity index is 914. The summed E-state index contributed by atoms with van der Waals surface area (Å²) in [6, 6.07) is 7.62. The van der Waals surface area contributed by atoms with Crippen LogP contribution in [-0.4, -0.2) is 19.9 Å². The normalized spacial score (nSPS) is 13.5. The Kier molecular flexibility index (Phi) is 5.99. The first kappa shape index (κ1) is 20.7. The molecule has 1 amide bonds. The van der Waals surface area contributed by atoms with E-state index in [-0.39, 0.29) is 16.5 Å². The van der Waals surface area contributed by atoms with Crippen molar-refractivity contribution < 1.29 is 17.6 Å². The number of hydrogen-bond acceptors (Lipinski definition) is 4. The Morgan fingerprint density at radius 2 is 1.85 bits per heavy atom. The predicted molar refractivity (Wildman–Crippen MR) is 104 cm³/mol. The molecule has 0 aliphatic heterocycles. The van der Waals surface area contributed by atoms with Crippen molar-refractivity contribution in [2.24, 2.45) is 0 Å². The Balaban J connectivity index is 2.27. The maximum Gasteiger partial charge on any atom is 0.253 e. The second kappa shape index (κ2) is 7.54. The highest BCUT2D eigenvalue weighted by Gasteiger charge is 2.24. The minimum Gasteiger partial charge on any atom is -0.464 e. The standard InChI is InChI=1S/C18H23BrN2O4S/c1-11-6-9-16(25-11)12(2)20-17(22)14-10-13(7-8-15(14)19)26(23,24)21-18(3,4)5/h6-10,12,21H,1-5H3,(H,20,22). The number of aryl methyl sites for hydroxylation is 1. The van der Waals surface area contributed by atoms with Crippen LogP contribution in [0.25, 0.3) is 0 Å². The highest BCUT2D eigenvalue weighted by atomic mass is 79.9. The van der Waals surface area contributed by atoms with Gasteiger partial charge in [-0.05, 0) is 80.9 Å². The highest BCUT2D eigenvalue weighted by Crippen LogP contribution is 2.23. The molecule has 1 unspecified atom stereocenters. The smallest absolute Gasteiger partial charge is 0.253 e. The summed E-state index contributed by atoms with van der Waals surface area (Å²) < 4.78 is 33.6. The minimum atomic E-state index is -3.74. The summed E-state index contributed by atoms with van der Waals surface area (Å²) in [5, 5.41) is 2.82. The molecule has 0 saturated heterocycles. The summed E-state index contributed by atoms with van der Waals surface area (Å²) in [5.74, 6) is 0.986. The molecule has 1 aromatic heterocycles. The molecule has 0 fully saturated rings. The van der Waals surface area contributed by atoms with Crippen LogP contribution in [0.5, 0.6) is 0 Å². The second-order valence-corrected chi connectivity index (χ2v) is 9.68. The van der Waals surface area contributed by atoms with E-state index in [9.17, 15) is 13.2 Å². The van der Waals surface area contributed by atoms with Crippen molar-refractivity contribution in [3.05, 3.63) is 51.9 Å². The maximum atomic E-state index is 12.6.